The number of benzene rings is 2. The van der Waals surface area contributed by atoms with E-state index in [1.54, 1.807) is 24.5 Å². The third kappa shape index (κ3) is 3.64. The van der Waals surface area contributed by atoms with Gasteiger partial charge in [-0.05, 0) is 62.9 Å². The molecule has 7 nitrogen and oxygen atoms in total. The highest BCUT2D eigenvalue weighted by Gasteiger charge is 2.51. The van der Waals surface area contributed by atoms with Gasteiger partial charge in [-0.1, -0.05) is 17.7 Å². The molecule has 2 amide bonds. The van der Waals surface area contributed by atoms with Gasteiger partial charge in [0.2, 0.25) is 0 Å². The summed E-state index contributed by atoms with van der Waals surface area (Å²) < 4.78 is 13.4. The van der Waals surface area contributed by atoms with E-state index in [1.807, 2.05) is 13.0 Å². The van der Waals surface area contributed by atoms with Crippen molar-refractivity contribution in [2.75, 3.05) is 5.01 Å². The molecular weight excluding hydrogens is 445 g/mol. The van der Waals surface area contributed by atoms with Gasteiger partial charge in [0.1, 0.15) is 11.3 Å². The molecule has 1 aliphatic carbocycles. The van der Waals surface area contributed by atoms with Gasteiger partial charge in [-0.15, -0.1) is 0 Å². The van der Waals surface area contributed by atoms with Gasteiger partial charge in [-0.3, -0.25) is 19.6 Å². The molecule has 9 heteroatoms. The van der Waals surface area contributed by atoms with E-state index in [2.05, 4.69) is 20.4 Å². The minimum Gasteiger partial charge on any atom is -0.349 e. The van der Waals surface area contributed by atoms with Gasteiger partial charge in [-0.2, -0.15) is 10.1 Å². The topological polar surface area (TPSA) is 87.5 Å². The van der Waals surface area contributed by atoms with Crippen LogP contribution >= 0.6 is 11.6 Å². The van der Waals surface area contributed by atoms with Gasteiger partial charge >= 0.3 is 0 Å². The van der Waals surface area contributed by atoms with Crippen LogP contribution in [0.15, 0.2) is 53.9 Å². The predicted octanol–water partition coefficient (Wildman–Crippen LogP) is 4.50. The van der Waals surface area contributed by atoms with Gasteiger partial charge in [0.05, 0.1) is 32.9 Å². The zero-order valence-electron chi connectivity index (χ0n) is 17.9. The number of para-hydroxylation sites is 1. The van der Waals surface area contributed by atoms with E-state index >= 15 is 0 Å². The first-order chi connectivity index (χ1) is 15.9. The lowest BCUT2D eigenvalue weighted by Gasteiger charge is -2.36. The zero-order chi connectivity index (χ0) is 23.2. The fourth-order valence-corrected chi connectivity index (χ4v) is 4.98. The molecule has 3 aromatic rings. The molecule has 0 radical (unpaired) electrons. The summed E-state index contributed by atoms with van der Waals surface area (Å²) in [5.41, 5.74) is 2.05. The van der Waals surface area contributed by atoms with E-state index < -0.39 is 11.2 Å². The standard InChI is InChI=1S/C24H21ClFN5O2/c1-14-24(23(33)31(30-14)20-6-5-15(26)13-18(20)25)9-7-16(8-10-24)29-22(32)17-3-2-4-19-21(17)28-12-11-27-19/h2-6,11-13,16H,7-10H2,1H3,(H,29,32). The normalized spacial score (nSPS) is 22.6. The Bertz CT molecular complexity index is 1300. The van der Waals surface area contributed by atoms with E-state index in [-0.39, 0.29) is 22.9 Å². The number of hydrogen-bond acceptors (Lipinski definition) is 5. The average Bonchev–Trinajstić information content (AvgIpc) is 3.05. The van der Waals surface area contributed by atoms with E-state index in [1.165, 1.54) is 23.2 Å². The summed E-state index contributed by atoms with van der Waals surface area (Å²) in [6.45, 7) is 1.84. The van der Waals surface area contributed by atoms with E-state index in [4.69, 9.17) is 11.6 Å². The van der Waals surface area contributed by atoms with Crippen LogP contribution in [0.25, 0.3) is 11.0 Å². The summed E-state index contributed by atoms with van der Waals surface area (Å²) in [5, 5.41) is 8.97. The zero-order valence-corrected chi connectivity index (χ0v) is 18.6. The van der Waals surface area contributed by atoms with Crippen LogP contribution in [0.1, 0.15) is 43.0 Å². The summed E-state index contributed by atoms with van der Waals surface area (Å²) in [4.78, 5) is 34.9. The van der Waals surface area contributed by atoms with Gasteiger partial charge in [0.25, 0.3) is 11.8 Å². The number of nitrogens with zero attached hydrogens (tertiary/aromatic N) is 4. The molecule has 5 rings (SSSR count). The molecule has 1 fully saturated rings. The second-order valence-corrected chi connectivity index (χ2v) is 8.86. The van der Waals surface area contributed by atoms with Crippen LogP contribution in [0.4, 0.5) is 10.1 Å². The number of rotatable bonds is 3. The lowest BCUT2D eigenvalue weighted by Crippen LogP contribution is -2.47. The second kappa shape index (κ2) is 8.19. The number of fused-ring (bicyclic) bond motifs is 1. The predicted molar refractivity (Wildman–Crippen MR) is 124 cm³/mol. The fraction of sp³-hybridized carbons (Fsp3) is 0.292. The molecule has 33 heavy (non-hydrogen) atoms. The minimum absolute atomic E-state index is 0.0703. The molecule has 168 valence electrons. The maximum atomic E-state index is 13.4. The van der Waals surface area contributed by atoms with Crippen molar-refractivity contribution >= 4 is 45.8 Å². The van der Waals surface area contributed by atoms with Gasteiger partial charge in [-0.25, -0.2) is 4.39 Å². The summed E-state index contributed by atoms with van der Waals surface area (Å²) in [6, 6.07) is 9.16. The minimum atomic E-state index is -0.732. The Balaban J connectivity index is 1.30. The number of anilines is 1. The summed E-state index contributed by atoms with van der Waals surface area (Å²) in [7, 11) is 0. The summed E-state index contributed by atoms with van der Waals surface area (Å²) in [6.07, 6.45) is 5.52. The Hall–Kier alpha value is -3.39. The first-order valence-corrected chi connectivity index (χ1v) is 11.1. The van der Waals surface area contributed by atoms with Crippen LogP contribution in [0.2, 0.25) is 5.02 Å². The van der Waals surface area contributed by atoms with Crippen LogP contribution in [0, 0.1) is 11.2 Å². The van der Waals surface area contributed by atoms with Crippen LogP contribution in [0.5, 0.6) is 0 Å². The number of carbonyl (C=O) groups excluding carboxylic acids is 2. The maximum absolute atomic E-state index is 13.4. The number of aromatic nitrogens is 2. The molecule has 1 spiro atoms. The highest BCUT2D eigenvalue weighted by molar-refractivity contribution is 6.34. The van der Waals surface area contributed by atoms with Crippen molar-refractivity contribution in [3.05, 3.63) is 65.2 Å². The van der Waals surface area contributed by atoms with Crippen LogP contribution < -0.4 is 10.3 Å². The van der Waals surface area contributed by atoms with Crippen LogP contribution in [-0.4, -0.2) is 33.5 Å². The average molecular weight is 466 g/mol. The van der Waals surface area contributed by atoms with Crippen molar-refractivity contribution < 1.29 is 14.0 Å². The van der Waals surface area contributed by atoms with Crippen molar-refractivity contribution in [1.82, 2.24) is 15.3 Å². The van der Waals surface area contributed by atoms with Gasteiger partial charge in [0.15, 0.2) is 0 Å². The Morgan fingerprint density at radius 1 is 1.18 bits per heavy atom. The van der Waals surface area contributed by atoms with Crippen molar-refractivity contribution in [2.24, 2.45) is 10.5 Å². The van der Waals surface area contributed by atoms with Crippen LogP contribution in [0.3, 0.4) is 0 Å². The fourth-order valence-electron chi connectivity index (χ4n) is 4.73. The number of nitrogens with one attached hydrogen (secondary N) is 1. The number of carbonyl (C=O) groups is 2. The Labute approximate surface area is 194 Å². The third-order valence-corrected chi connectivity index (χ3v) is 6.90. The molecular formula is C24H21ClFN5O2. The highest BCUT2D eigenvalue weighted by atomic mass is 35.5. The monoisotopic (exact) mass is 465 g/mol. The largest absolute Gasteiger partial charge is 0.349 e. The lowest BCUT2D eigenvalue weighted by atomic mass is 9.69. The summed E-state index contributed by atoms with van der Waals surface area (Å²) in [5.74, 6) is -0.841. The Kier molecular flexibility index (Phi) is 5.32. The summed E-state index contributed by atoms with van der Waals surface area (Å²) >= 11 is 6.17. The van der Waals surface area contributed by atoms with E-state index in [0.29, 0.717) is 53.7 Å². The smallest absolute Gasteiger partial charge is 0.259 e. The molecule has 1 aromatic heterocycles. The highest BCUT2D eigenvalue weighted by Crippen LogP contribution is 2.45. The van der Waals surface area contributed by atoms with Crippen molar-refractivity contribution in [2.45, 2.75) is 38.6 Å². The molecule has 1 aliphatic heterocycles. The third-order valence-electron chi connectivity index (χ3n) is 6.60. The molecule has 2 aromatic carbocycles. The van der Waals surface area contributed by atoms with E-state index in [0.717, 1.165) is 0 Å². The van der Waals surface area contributed by atoms with Crippen LogP contribution in [-0.2, 0) is 4.79 Å². The molecule has 0 atom stereocenters. The van der Waals surface area contributed by atoms with Gasteiger partial charge in [0, 0.05) is 18.4 Å². The molecule has 1 N–H and O–H groups in total. The quantitative estimate of drug-likeness (QED) is 0.616. The SMILES string of the molecule is CC1=NN(c2ccc(F)cc2Cl)C(=O)C12CCC(NC(=O)c1cccc3nccnc13)CC2. The molecule has 2 aliphatic rings. The number of hydrazone groups is 1. The maximum Gasteiger partial charge on any atom is 0.259 e. The molecule has 0 unspecified atom stereocenters. The molecule has 2 heterocycles. The molecule has 0 saturated heterocycles. The lowest BCUT2D eigenvalue weighted by molar-refractivity contribution is -0.125. The van der Waals surface area contributed by atoms with Crippen molar-refractivity contribution in [3.8, 4) is 0 Å². The first kappa shape index (κ1) is 21.5. The number of hydrogen-bond donors (Lipinski definition) is 1. The second-order valence-electron chi connectivity index (χ2n) is 8.46. The van der Waals surface area contributed by atoms with Crippen molar-refractivity contribution in [3.63, 3.8) is 0 Å². The van der Waals surface area contributed by atoms with Gasteiger partial charge < -0.3 is 5.32 Å². The van der Waals surface area contributed by atoms with Crippen molar-refractivity contribution in [1.29, 1.82) is 0 Å². The van der Waals surface area contributed by atoms with E-state index in [9.17, 15) is 14.0 Å². The Morgan fingerprint density at radius 3 is 2.70 bits per heavy atom. The Morgan fingerprint density at radius 2 is 1.94 bits per heavy atom. The molecule has 1 saturated carbocycles. The number of amides is 2. The first-order valence-electron chi connectivity index (χ1n) is 10.7. The number of halogens is 2. The molecule has 0 bridgehead atoms.